The molecular formula is C14H13N3O. The molecule has 0 saturated heterocycles. The Morgan fingerprint density at radius 1 is 1.11 bits per heavy atom. The van der Waals surface area contributed by atoms with E-state index in [2.05, 4.69) is 4.98 Å². The molecule has 0 saturated carbocycles. The Kier molecular flexibility index (Phi) is 2.50. The third-order valence-corrected chi connectivity index (χ3v) is 2.82. The van der Waals surface area contributed by atoms with Crippen molar-refractivity contribution in [2.45, 2.75) is 6.54 Å². The van der Waals surface area contributed by atoms with Gasteiger partial charge in [-0.3, -0.25) is 0 Å². The van der Waals surface area contributed by atoms with E-state index < -0.39 is 0 Å². The average molecular weight is 239 g/mol. The fourth-order valence-electron chi connectivity index (χ4n) is 1.90. The maximum absolute atomic E-state index is 5.72. The monoisotopic (exact) mass is 239 g/mol. The van der Waals surface area contributed by atoms with Crippen molar-refractivity contribution in [2.75, 3.05) is 5.73 Å². The van der Waals surface area contributed by atoms with Crippen molar-refractivity contribution in [3.63, 3.8) is 0 Å². The normalized spacial score (nSPS) is 10.9. The van der Waals surface area contributed by atoms with E-state index in [1.54, 1.807) is 12.1 Å². The molecule has 0 amide bonds. The summed E-state index contributed by atoms with van der Waals surface area (Å²) in [5, 5.41) is 0. The summed E-state index contributed by atoms with van der Waals surface area (Å²) >= 11 is 0. The zero-order valence-electron chi connectivity index (χ0n) is 9.76. The largest absolute Gasteiger partial charge is 0.436 e. The molecule has 0 bridgehead atoms. The molecule has 90 valence electrons. The van der Waals surface area contributed by atoms with Gasteiger partial charge in [-0.1, -0.05) is 12.1 Å². The van der Waals surface area contributed by atoms with Crippen LogP contribution in [0, 0.1) is 0 Å². The van der Waals surface area contributed by atoms with Gasteiger partial charge in [0, 0.05) is 17.8 Å². The van der Waals surface area contributed by atoms with Crippen molar-refractivity contribution in [3.05, 3.63) is 48.0 Å². The van der Waals surface area contributed by atoms with E-state index in [-0.39, 0.29) is 0 Å². The number of nitrogen functional groups attached to an aromatic ring is 1. The van der Waals surface area contributed by atoms with Gasteiger partial charge in [-0.2, -0.15) is 0 Å². The van der Waals surface area contributed by atoms with Gasteiger partial charge in [-0.05, 0) is 35.9 Å². The van der Waals surface area contributed by atoms with Crippen molar-refractivity contribution in [3.8, 4) is 11.5 Å². The number of benzene rings is 2. The summed E-state index contributed by atoms with van der Waals surface area (Å²) in [6, 6.07) is 13.3. The predicted molar refractivity (Wildman–Crippen MR) is 71.7 cm³/mol. The van der Waals surface area contributed by atoms with Gasteiger partial charge in [0.25, 0.3) is 0 Å². The van der Waals surface area contributed by atoms with Gasteiger partial charge in [-0.25, -0.2) is 4.98 Å². The highest BCUT2D eigenvalue weighted by atomic mass is 16.3. The van der Waals surface area contributed by atoms with Gasteiger partial charge >= 0.3 is 0 Å². The molecule has 0 spiro atoms. The second-order valence-electron chi connectivity index (χ2n) is 4.15. The lowest BCUT2D eigenvalue weighted by atomic mass is 10.1. The van der Waals surface area contributed by atoms with Gasteiger partial charge in [0.2, 0.25) is 5.89 Å². The molecule has 3 aromatic rings. The third-order valence-electron chi connectivity index (χ3n) is 2.82. The zero-order chi connectivity index (χ0) is 12.5. The standard InChI is InChI=1S/C14H13N3O/c15-8-9-2-1-3-10(6-9)14-17-12-7-11(16)4-5-13(12)18-14/h1-7H,8,15-16H2. The van der Waals surface area contributed by atoms with Crippen molar-refractivity contribution >= 4 is 16.8 Å². The smallest absolute Gasteiger partial charge is 0.227 e. The number of nitrogens with two attached hydrogens (primary N) is 2. The number of hydrogen-bond acceptors (Lipinski definition) is 4. The summed E-state index contributed by atoms with van der Waals surface area (Å²) in [7, 11) is 0. The van der Waals surface area contributed by atoms with Crippen molar-refractivity contribution < 1.29 is 4.42 Å². The molecule has 0 aliphatic heterocycles. The molecule has 0 aliphatic carbocycles. The SMILES string of the molecule is NCc1cccc(-c2nc3cc(N)ccc3o2)c1. The Hall–Kier alpha value is -2.33. The fraction of sp³-hybridized carbons (Fsp3) is 0.0714. The molecule has 1 heterocycles. The molecule has 0 atom stereocenters. The molecule has 0 radical (unpaired) electrons. The molecule has 3 rings (SSSR count). The highest BCUT2D eigenvalue weighted by molar-refractivity contribution is 5.79. The third kappa shape index (κ3) is 1.83. The Morgan fingerprint density at radius 3 is 2.83 bits per heavy atom. The molecule has 0 fully saturated rings. The van der Waals surface area contributed by atoms with Crippen LogP contribution in [0.15, 0.2) is 46.9 Å². The van der Waals surface area contributed by atoms with Crippen molar-refractivity contribution in [1.29, 1.82) is 0 Å². The molecule has 2 aromatic carbocycles. The van der Waals surface area contributed by atoms with Crippen LogP contribution in [0.25, 0.3) is 22.6 Å². The Morgan fingerprint density at radius 2 is 2.00 bits per heavy atom. The molecule has 0 aliphatic rings. The summed E-state index contributed by atoms with van der Waals surface area (Å²) in [4.78, 5) is 4.43. The highest BCUT2D eigenvalue weighted by Crippen LogP contribution is 2.25. The maximum Gasteiger partial charge on any atom is 0.227 e. The highest BCUT2D eigenvalue weighted by Gasteiger charge is 2.08. The van der Waals surface area contributed by atoms with Crippen LogP contribution in [0.2, 0.25) is 0 Å². The summed E-state index contributed by atoms with van der Waals surface area (Å²) in [5.74, 6) is 0.589. The first-order chi connectivity index (χ1) is 8.76. The minimum Gasteiger partial charge on any atom is -0.436 e. The molecule has 4 nitrogen and oxygen atoms in total. The lowest BCUT2D eigenvalue weighted by Gasteiger charge is -1.98. The number of anilines is 1. The minimum absolute atomic E-state index is 0.501. The van der Waals surface area contributed by atoms with Crippen LogP contribution in [0.5, 0.6) is 0 Å². The van der Waals surface area contributed by atoms with Crippen LogP contribution in [0.3, 0.4) is 0 Å². The van der Waals surface area contributed by atoms with E-state index in [0.717, 1.165) is 22.2 Å². The number of aromatic nitrogens is 1. The Labute approximate surface area is 104 Å². The van der Waals surface area contributed by atoms with Crippen LogP contribution < -0.4 is 11.5 Å². The van der Waals surface area contributed by atoms with Gasteiger partial charge in [-0.15, -0.1) is 0 Å². The molecule has 1 aromatic heterocycles. The van der Waals surface area contributed by atoms with Crippen LogP contribution in [-0.4, -0.2) is 4.98 Å². The van der Waals surface area contributed by atoms with E-state index in [4.69, 9.17) is 15.9 Å². The minimum atomic E-state index is 0.501. The number of oxazole rings is 1. The first kappa shape index (κ1) is 10.8. The summed E-state index contributed by atoms with van der Waals surface area (Å²) in [5.41, 5.74) is 15.5. The predicted octanol–water partition coefficient (Wildman–Crippen LogP) is 2.54. The van der Waals surface area contributed by atoms with Gasteiger partial charge in [0.15, 0.2) is 5.58 Å². The number of nitrogens with zero attached hydrogens (tertiary/aromatic N) is 1. The second kappa shape index (κ2) is 4.16. The number of rotatable bonds is 2. The number of fused-ring (bicyclic) bond motifs is 1. The summed E-state index contributed by atoms with van der Waals surface area (Å²) in [6.45, 7) is 0.501. The van der Waals surface area contributed by atoms with Crippen LogP contribution >= 0.6 is 0 Å². The lowest BCUT2D eigenvalue weighted by molar-refractivity contribution is 0.619. The second-order valence-corrected chi connectivity index (χ2v) is 4.15. The van der Waals surface area contributed by atoms with E-state index in [1.165, 1.54) is 0 Å². The molecular weight excluding hydrogens is 226 g/mol. The zero-order valence-corrected chi connectivity index (χ0v) is 9.76. The molecule has 4 N–H and O–H groups in total. The van der Waals surface area contributed by atoms with Gasteiger partial charge < -0.3 is 15.9 Å². The quantitative estimate of drug-likeness (QED) is 0.673. The van der Waals surface area contributed by atoms with Crippen molar-refractivity contribution in [1.82, 2.24) is 4.98 Å². The van der Waals surface area contributed by atoms with Crippen LogP contribution in [0.4, 0.5) is 5.69 Å². The molecule has 0 unspecified atom stereocenters. The molecule has 4 heteroatoms. The molecule has 18 heavy (non-hydrogen) atoms. The van der Waals surface area contributed by atoms with Crippen molar-refractivity contribution in [2.24, 2.45) is 5.73 Å². The maximum atomic E-state index is 5.72. The van der Waals surface area contributed by atoms with Crippen LogP contribution in [-0.2, 0) is 6.54 Å². The first-order valence-corrected chi connectivity index (χ1v) is 5.72. The lowest BCUT2D eigenvalue weighted by Crippen LogP contribution is -1.95. The topological polar surface area (TPSA) is 78.1 Å². The fourth-order valence-corrected chi connectivity index (χ4v) is 1.90. The summed E-state index contributed by atoms with van der Waals surface area (Å²) in [6.07, 6.45) is 0. The first-order valence-electron chi connectivity index (χ1n) is 5.72. The summed E-state index contributed by atoms with van der Waals surface area (Å²) < 4.78 is 5.70. The van der Waals surface area contributed by atoms with Crippen LogP contribution in [0.1, 0.15) is 5.56 Å². The Balaban J connectivity index is 2.13. The number of hydrogen-bond donors (Lipinski definition) is 2. The van der Waals surface area contributed by atoms with E-state index in [0.29, 0.717) is 18.1 Å². The van der Waals surface area contributed by atoms with E-state index >= 15 is 0 Å². The average Bonchev–Trinajstić information content (AvgIpc) is 2.81. The Bertz CT molecular complexity index is 703. The van der Waals surface area contributed by atoms with Gasteiger partial charge in [0.1, 0.15) is 5.52 Å². The van der Waals surface area contributed by atoms with E-state index in [1.807, 2.05) is 30.3 Å². The van der Waals surface area contributed by atoms with Gasteiger partial charge in [0.05, 0.1) is 0 Å². The van der Waals surface area contributed by atoms with E-state index in [9.17, 15) is 0 Å².